The second-order valence-corrected chi connectivity index (χ2v) is 7.84. The molecule has 0 aliphatic carbocycles. The van der Waals surface area contributed by atoms with Crippen molar-refractivity contribution in [2.45, 2.75) is 52.6 Å². The Bertz CT molecular complexity index is 762. The number of nitrogens with one attached hydrogen (secondary N) is 1. The number of rotatable bonds is 12. The smallest absolute Gasteiger partial charge is 0.242 e. The predicted octanol–water partition coefficient (Wildman–Crippen LogP) is 4.43. The number of ether oxygens (including phenoxy) is 1. The van der Waals surface area contributed by atoms with E-state index in [0.29, 0.717) is 44.9 Å². The molecule has 2 aromatic carbocycles. The summed E-state index contributed by atoms with van der Waals surface area (Å²) in [5.41, 5.74) is 1.02. The molecule has 0 fully saturated rings. The molecular formula is C25H34N2O3. The van der Waals surface area contributed by atoms with Crippen molar-refractivity contribution in [1.82, 2.24) is 10.2 Å². The number of hydrogen-bond donors (Lipinski definition) is 1. The first-order valence-corrected chi connectivity index (χ1v) is 10.8. The Morgan fingerprint density at radius 3 is 2.23 bits per heavy atom. The minimum Gasteiger partial charge on any atom is -0.494 e. The van der Waals surface area contributed by atoms with Gasteiger partial charge in [-0.25, -0.2) is 0 Å². The average Bonchev–Trinajstić information content (AvgIpc) is 2.76. The normalized spacial score (nSPS) is 11.7. The molecule has 1 atom stereocenters. The highest BCUT2D eigenvalue weighted by Gasteiger charge is 2.28. The first-order chi connectivity index (χ1) is 14.5. The van der Waals surface area contributed by atoms with Gasteiger partial charge in [0.05, 0.1) is 6.61 Å². The lowest BCUT2D eigenvalue weighted by Gasteiger charge is -2.31. The minimum atomic E-state index is -0.480. The Hall–Kier alpha value is -2.82. The Labute approximate surface area is 180 Å². The Kier molecular flexibility index (Phi) is 9.92. The highest BCUT2D eigenvalue weighted by Crippen LogP contribution is 2.15. The fourth-order valence-electron chi connectivity index (χ4n) is 3.20. The summed E-state index contributed by atoms with van der Waals surface area (Å²) in [6.45, 7) is 7.55. The maximum absolute atomic E-state index is 13.1. The van der Waals surface area contributed by atoms with Crippen molar-refractivity contribution in [3.05, 3.63) is 66.2 Å². The van der Waals surface area contributed by atoms with E-state index < -0.39 is 6.04 Å². The molecule has 0 unspecified atom stereocenters. The van der Waals surface area contributed by atoms with Crippen molar-refractivity contribution in [1.29, 1.82) is 0 Å². The SMILES string of the molecule is CC[C@@H](C(=O)NCC(C)C)N(Cc1ccccc1)C(=O)CCCOc1ccccc1. The van der Waals surface area contributed by atoms with Crippen molar-refractivity contribution in [3.8, 4) is 5.75 Å². The van der Waals surface area contributed by atoms with E-state index in [0.717, 1.165) is 11.3 Å². The monoisotopic (exact) mass is 410 g/mol. The van der Waals surface area contributed by atoms with E-state index in [1.54, 1.807) is 4.90 Å². The van der Waals surface area contributed by atoms with Crippen LogP contribution in [-0.4, -0.2) is 35.9 Å². The van der Waals surface area contributed by atoms with E-state index in [1.807, 2.05) is 67.6 Å². The number of benzene rings is 2. The Morgan fingerprint density at radius 1 is 1.00 bits per heavy atom. The summed E-state index contributed by atoms with van der Waals surface area (Å²) < 4.78 is 5.70. The van der Waals surface area contributed by atoms with Crippen molar-refractivity contribution in [2.75, 3.05) is 13.2 Å². The average molecular weight is 411 g/mol. The van der Waals surface area contributed by atoms with Crippen molar-refractivity contribution in [3.63, 3.8) is 0 Å². The van der Waals surface area contributed by atoms with E-state index in [-0.39, 0.29) is 11.8 Å². The van der Waals surface area contributed by atoms with E-state index in [1.165, 1.54) is 0 Å². The maximum atomic E-state index is 13.1. The third-order valence-electron chi connectivity index (χ3n) is 4.81. The highest BCUT2D eigenvalue weighted by molar-refractivity contribution is 5.87. The van der Waals surface area contributed by atoms with E-state index in [4.69, 9.17) is 4.74 Å². The summed E-state index contributed by atoms with van der Waals surface area (Å²) in [6, 6.07) is 18.9. The molecule has 0 spiro atoms. The molecule has 30 heavy (non-hydrogen) atoms. The van der Waals surface area contributed by atoms with Gasteiger partial charge in [0, 0.05) is 19.5 Å². The van der Waals surface area contributed by atoms with Gasteiger partial charge in [0.25, 0.3) is 0 Å². The number of amides is 2. The van der Waals surface area contributed by atoms with Crippen molar-refractivity contribution >= 4 is 11.8 Å². The molecule has 5 heteroatoms. The first-order valence-electron chi connectivity index (χ1n) is 10.8. The lowest BCUT2D eigenvalue weighted by molar-refractivity contribution is -0.141. The molecule has 0 heterocycles. The first kappa shape index (κ1) is 23.5. The number of hydrogen-bond acceptors (Lipinski definition) is 3. The number of para-hydroxylation sites is 1. The molecule has 0 aromatic heterocycles. The summed E-state index contributed by atoms with van der Waals surface area (Å²) in [6.07, 6.45) is 1.51. The van der Waals surface area contributed by atoms with Crippen LogP contribution in [-0.2, 0) is 16.1 Å². The third-order valence-corrected chi connectivity index (χ3v) is 4.81. The lowest BCUT2D eigenvalue weighted by atomic mass is 10.1. The standard InChI is InChI=1S/C25H34N2O3/c1-4-23(25(29)26-18-20(2)3)27(19-21-12-7-5-8-13-21)24(28)16-11-17-30-22-14-9-6-10-15-22/h5-10,12-15,20,23H,4,11,16-19H2,1-3H3,(H,26,29)/t23-/m0/s1. The van der Waals surface area contributed by atoms with Crippen molar-refractivity contribution in [2.24, 2.45) is 5.92 Å². The zero-order valence-corrected chi connectivity index (χ0v) is 18.3. The second kappa shape index (κ2) is 12.7. The maximum Gasteiger partial charge on any atom is 0.242 e. The molecule has 0 saturated carbocycles. The Morgan fingerprint density at radius 2 is 1.63 bits per heavy atom. The molecule has 2 aromatic rings. The van der Waals surface area contributed by atoms with Gasteiger partial charge in [-0.3, -0.25) is 9.59 Å². The van der Waals surface area contributed by atoms with Crippen LogP contribution >= 0.6 is 0 Å². The van der Waals surface area contributed by atoms with Gasteiger partial charge in [-0.2, -0.15) is 0 Å². The topological polar surface area (TPSA) is 58.6 Å². The number of nitrogens with zero attached hydrogens (tertiary/aromatic N) is 1. The number of carbonyl (C=O) groups excluding carboxylic acids is 2. The van der Waals surface area contributed by atoms with Crippen LogP contribution in [0.1, 0.15) is 45.6 Å². The van der Waals surface area contributed by atoms with Crippen LogP contribution in [0.25, 0.3) is 0 Å². The molecule has 162 valence electrons. The van der Waals surface area contributed by atoms with Gasteiger partial charge < -0.3 is 15.0 Å². The highest BCUT2D eigenvalue weighted by atomic mass is 16.5. The van der Waals surface area contributed by atoms with E-state index in [2.05, 4.69) is 19.2 Å². The van der Waals surface area contributed by atoms with Gasteiger partial charge in [0.15, 0.2) is 0 Å². The van der Waals surface area contributed by atoms with Crippen LogP contribution in [0.3, 0.4) is 0 Å². The Balaban J connectivity index is 2.01. The largest absolute Gasteiger partial charge is 0.494 e. The lowest BCUT2D eigenvalue weighted by Crippen LogP contribution is -2.49. The third kappa shape index (κ3) is 7.90. The quantitative estimate of drug-likeness (QED) is 0.527. The van der Waals surface area contributed by atoms with Crippen LogP contribution < -0.4 is 10.1 Å². The number of carbonyl (C=O) groups is 2. The summed E-state index contributed by atoms with van der Waals surface area (Å²) >= 11 is 0. The molecule has 0 radical (unpaired) electrons. The van der Waals surface area contributed by atoms with Gasteiger partial charge in [-0.1, -0.05) is 69.3 Å². The summed E-state index contributed by atoms with van der Waals surface area (Å²) in [4.78, 5) is 27.6. The van der Waals surface area contributed by atoms with Crippen LogP contribution in [0, 0.1) is 5.92 Å². The fraction of sp³-hybridized carbons (Fsp3) is 0.440. The molecule has 0 aliphatic rings. The van der Waals surface area contributed by atoms with Crippen molar-refractivity contribution < 1.29 is 14.3 Å². The minimum absolute atomic E-state index is 0.0259. The van der Waals surface area contributed by atoms with E-state index in [9.17, 15) is 9.59 Å². The summed E-state index contributed by atoms with van der Waals surface area (Å²) in [7, 11) is 0. The van der Waals surface area contributed by atoms with Gasteiger partial charge in [-0.05, 0) is 36.5 Å². The second-order valence-electron chi connectivity index (χ2n) is 7.84. The van der Waals surface area contributed by atoms with Crippen LogP contribution in [0.5, 0.6) is 5.75 Å². The van der Waals surface area contributed by atoms with Crippen LogP contribution in [0.2, 0.25) is 0 Å². The van der Waals surface area contributed by atoms with Crippen LogP contribution in [0.15, 0.2) is 60.7 Å². The molecule has 1 N–H and O–H groups in total. The van der Waals surface area contributed by atoms with Gasteiger partial charge in [-0.15, -0.1) is 0 Å². The van der Waals surface area contributed by atoms with Crippen LogP contribution in [0.4, 0.5) is 0 Å². The fourth-order valence-corrected chi connectivity index (χ4v) is 3.20. The molecule has 5 nitrogen and oxygen atoms in total. The molecule has 0 aliphatic heterocycles. The predicted molar refractivity (Wildman–Crippen MR) is 120 cm³/mol. The molecule has 2 amide bonds. The zero-order valence-electron chi connectivity index (χ0n) is 18.3. The van der Waals surface area contributed by atoms with Gasteiger partial charge in [0.1, 0.15) is 11.8 Å². The molecule has 0 bridgehead atoms. The van der Waals surface area contributed by atoms with Gasteiger partial charge >= 0.3 is 0 Å². The van der Waals surface area contributed by atoms with Gasteiger partial charge in [0.2, 0.25) is 11.8 Å². The van der Waals surface area contributed by atoms with E-state index >= 15 is 0 Å². The zero-order chi connectivity index (χ0) is 21.8. The molecule has 0 saturated heterocycles. The molecule has 2 rings (SSSR count). The summed E-state index contributed by atoms with van der Waals surface area (Å²) in [5.74, 6) is 1.04. The summed E-state index contributed by atoms with van der Waals surface area (Å²) in [5, 5.41) is 2.99. The molecular weight excluding hydrogens is 376 g/mol.